The van der Waals surface area contributed by atoms with E-state index >= 15 is 0 Å². The molecule has 0 amide bonds. The monoisotopic (exact) mass is 292 g/mol. The van der Waals surface area contributed by atoms with Gasteiger partial charge in [-0.3, -0.25) is 0 Å². The van der Waals surface area contributed by atoms with Gasteiger partial charge < -0.3 is 4.52 Å². The number of nitrogens with zero attached hydrogens (tertiary/aromatic N) is 2. The molecule has 6 heteroatoms. The van der Waals surface area contributed by atoms with E-state index in [2.05, 4.69) is 10.1 Å². The highest BCUT2D eigenvalue weighted by Crippen LogP contribution is 2.07. The highest BCUT2D eigenvalue weighted by molar-refractivity contribution is 7.90. The highest BCUT2D eigenvalue weighted by Gasteiger charge is 2.15. The fourth-order valence-corrected chi connectivity index (χ4v) is 2.64. The van der Waals surface area contributed by atoms with Crippen molar-refractivity contribution in [1.82, 2.24) is 10.1 Å². The van der Waals surface area contributed by atoms with Crippen molar-refractivity contribution in [2.24, 2.45) is 0 Å². The molecule has 0 spiro atoms. The van der Waals surface area contributed by atoms with Crippen molar-refractivity contribution in [2.75, 3.05) is 5.75 Å². The molecule has 0 bridgehead atoms. The molecule has 0 unspecified atom stereocenters. The van der Waals surface area contributed by atoms with Gasteiger partial charge in [-0.2, -0.15) is 4.98 Å². The van der Waals surface area contributed by atoms with Gasteiger partial charge in [0.15, 0.2) is 15.7 Å². The van der Waals surface area contributed by atoms with Gasteiger partial charge in [0, 0.05) is 6.42 Å². The summed E-state index contributed by atoms with van der Waals surface area (Å²) in [5, 5.41) is 3.68. The van der Waals surface area contributed by atoms with Crippen LogP contribution in [0.25, 0.3) is 6.08 Å². The molecule has 0 aliphatic heterocycles. The summed E-state index contributed by atoms with van der Waals surface area (Å²) in [5.74, 6) is 0.398. The summed E-state index contributed by atoms with van der Waals surface area (Å²) in [6, 6.07) is 9.54. The maximum atomic E-state index is 11.9. The van der Waals surface area contributed by atoms with E-state index < -0.39 is 9.84 Å². The first-order chi connectivity index (χ1) is 9.59. The fraction of sp³-hybridized carbons (Fsp3) is 0.286. The molecule has 0 saturated heterocycles. The molecule has 0 radical (unpaired) electrons. The minimum atomic E-state index is -3.28. The lowest BCUT2D eigenvalue weighted by atomic mass is 10.2. The van der Waals surface area contributed by atoms with Crippen LogP contribution in [0.3, 0.4) is 0 Å². The van der Waals surface area contributed by atoms with E-state index in [9.17, 15) is 8.42 Å². The van der Waals surface area contributed by atoms with Gasteiger partial charge in [-0.15, -0.1) is 0 Å². The minimum Gasteiger partial charge on any atom is -0.338 e. The largest absolute Gasteiger partial charge is 0.338 e. The Morgan fingerprint density at radius 3 is 2.65 bits per heavy atom. The molecule has 1 heterocycles. The van der Waals surface area contributed by atoms with Gasteiger partial charge in [-0.1, -0.05) is 54.6 Å². The van der Waals surface area contributed by atoms with E-state index in [-0.39, 0.29) is 17.4 Å². The van der Waals surface area contributed by atoms with Crippen LogP contribution in [0.1, 0.15) is 24.2 Å². The SMILES string of the molecule is CCc1noc(CS(=O)(=O)C/C=C\c2ccccc2)n1. The Morgan fingerprint density at radius 2 is 2.00 bits per heavy atom. The molecule has 1 aromatic carbocycles. The minimum absolute atomic E-state index is 0.0499. The van der Waals surface area contributed by atoms with Crippen molar-refractivity contribution >= 4 is 15.9 Å². The van der Waals surface area contributed by atoms with Crippen LogP contribution in [0.4, 0.5) is 0 Å². The van der Waals surface area contributed by atoms with Crippen LogP contribution in [-0.4, -0.2) is 24.3 Å². The van der Waals surface area contributed by atoms with Crippen molar-refractivity contribution in [3.63, 3.8) is 0 Å². The van der Waals surface area contributed by atoms with Crippen LogP contribution in [0.2, 0.25) is 0 Å². The zero-order valence-electron chi connectivity index (χ0n) is 11.2. The third kappa shape index (κ3) is 4.31. The summed E-state index contributed by atoms with van der Waals surface area (Å²) in [4.78, 5) is 4.00. The second-order valence-electron chi connectivity index (χ2n) is 4.33. The third-order valence-electron chi connectivity index (χ3n) is 2.63. The van der Waals surface area contributed by atoms with E-state index in [0.717, 1.165) is 5.56 Å². The third-order valence-corrected chi connectivity index (χ3v) is 4.02. The Kier molecular flexibility index (Phi) is 4.68. The van der Waals surface area contributed by atoms with Crippen molar-refractivity contribution in [1.29, 1.82) is 0 Å². The first kappa shape index (κ1) is 14.5. The van der Waals surface area contributed by atoms with Gasteiger partial charge >= 0.3 is 0 Å². The number of aryl methyl sites for hydroxylation is 1. The van der Waals surface area contributed by atoms with E-state index in [1.807, 2.05) is 37.3 Å². The van der Waals surface area contributed by atoms with Crippen LogP contribution < -0.4 is 0 Å². The van der Waals surface area contributed by atoms with E-state index in [0.29, 0.717) is 12.2 Å². The molecule has 0 saturated carbocycles. The van der Waals surface area contributed by atoms with E-state index in [1.54, 1.807) is 12.2 Å². The van der Waals surface area contributed by atoms with Crippen LogP contribution in [-0.2, 0) is 22.0 Å². The lowest BCUT2D eigenvalue weighted by Gasteiger charge is -1.96. The molecule has 0 aliphatic rings. The smallest absolute Gasteiger partial charge is 0.241 e. The van der Waals surface area contributed by atoms with Gasteiger partial charge in [-0.25, -0.2) is 8.42 Å². The Morgan fingerprint density at radius 1 is 1.25 bits per heavy atom. The average molecular weight is 292 g/mol. The number of sulfone groups is 1. The van der Waals surface area contributed by atoms with Gasteiger partial charge in [0.1, 0.15) is 5.75 Å². The number of hydrogen-bond acceptors (Lipinski definition) is 5. The second kappa shape index (κ2) is 6.47. The lowest BCUT2D eigenvalue weighted by molar-refractivity contribution is 0.383. The molecular formula is C14H16N2O3S. The zero-order valence-corrected chi connectivity index (χ0v) is 12.0. The summed E-state index contributed by atoms with van der Waals surface area (Å²) in [6.07, 6.45) is 4.03. The van der Waals surface area contributed by atoms with Crippen LogP contribution in [0, 0.1) is 0 Å². The van der Waals surface area contributed by atoms with Crippen LogP contribution in [0.5, 0.6) is 0 Å². The van der Waals surface area contributed by atoms with Gasteiger partial charge in [0.05, 0.1) is 5.75 Å². The number of rotatable bonds is 6. The molecule has 0 atom stereocenters. The Labute approximate surface area is 118 Å². The number of benzene rings is 1. The zero-order chi connectivity index (χ0) is 14.4. The number of hydrogen-bond donors (Lipinski definition) is 0. The molecule has 0 aliphatic carbocycles. The van der Waals surface area contributed by atoms with Gasteiger partial charge in [0.2, 0.25) is 5.89 Å². The molecule has 0 N–H and O–H groups in total. The van der Waals surface area contributed by atoms with Crippen molar-refractivity contribution in [3.8, 4) is 0 Å². The van der Waals surface area contributed by atoms with Crippen LogP contribution >= 0.6 is 0 Å². The average Bonchev–Trinajstić information content (AvgIpc) is 2.86. The second-order valence-corrected chi connectivity index (χ2v) is 6.43. The van der Waals surface area contributed by atoms with Crippen LogP contribution in [0.15, 0.2) is 40.9 Å². The predicted octanol–water partition coefficient (Wildman–Crippen LogP) is 2.26. The molecular weight excluding hydrogens is 276 g/mol. The summed E-state index contributed by atoms with van der Waals surface area (Å²) in [7, 11) is -3.28. The summed E-state index contributed by atoms with van der Waals surface area (Å²) < 4.78 is 28.7. The summed E-state index contributed by atoms with van der Waals surface area (Å²) >= 11 is 0. The summed E-state index contributed by atoms with van der Waals surface area (Å²) in [6.45, 7) is 1.88. The Balaban J connectivity index is 1.96. The molecule has 0 fully saturated rings. The molecule has 1 aromatic heterocycles. The molecule has 20 heavy (non-hydrogen) atoms. The molecule has 2 aromatic rings. The summed E-state index contributed by atoms with van der Waals surface area (Å²) in [5.41, 5.74) is 0.966. The first-order valence-electron chi connectivity index (χ1n) is 6.32. The topological polar surface area (TPSA) is 73.1 Å². The Hall–Kier alpha value is -1.95. The highest BCUT2D eigenvalue weighted by atomic mass is 32.2. The van der Waals surface area contributed by atoms with Gasteiger partial charge in [-0.05, 0) is 5.56 Å². The maximum absolute atomic E-state index is 11.9. The normalized spacial score (nSPS) is 12.1. The van der Waals surface area contributed by atoms with Crippen molar-refractivity contribution < 1.29 is 12.9 Å². The Bertz CT molecular complexity index is 675. The van der Waals surface area contributed by atoms with Gasteiger partial charge in [0.25, 0.3) is 0 Å². The van der Waals surface area contributed by atoms with E-state index in [1.165, 1.54) is 0 Å². The number of aromatic nitrogens is 2. The molecule has 5 nitrogen and oxygen atoms in total. The lowest BCUT2D eigenvalue weighted by Crippen LogP contribution is -2.07. The standard InChI is InChI=1S/C14H16N2O3S/c1-2-13-15-14(19-16-13)11-20(17,18)10-6-9-12-7-4-3-5-8-12/h3-9H,2,10-11H2,1H3/b9-6-. The predicted molar refractivity (Wildman–Crippen MR) is 76.6 cm³/mol. The van der Waals surface area contributed by atoms with E-state index in [4.69, 9.17) is 4.52 Å². The maximum Gasteiger partial charge on any atom is 0.241 e. The first-order valence-corrected chi connectivity index (χ1v) is 8.14. The quantitative estimate of drug-likeness (QED) is 0.816. The molecule has 106 valence electrons. The fourth-order valence-electron chi connectivity index (χ4n) is 1.63. The van der Waals surface area contributed by atoms with Crippen molar-refractivity contribution in [2.45, 2.75) is 19.1 Å². The van der Waals surface area contributed by atoms with Crippen molar-refractivity contribution in [3.05, 3.63) is 53.7 Å². The molecule has 2 rings (SSSR count).